The molecule has 0 unspecified atom stereocenters. The van der Waals surface area contributed by atoms with Gasteiger partial charge in [-0.05, 0) is 42.8 Å². The summed E-state index contributed by atoms with van der Waals surface area (Å²) in [7, 11) is 0. The van der Waals surface area contributed by atoms with E-state index in [-0.39, 0.29) is 11.3 Å². The summed E-state index contributed by atoms with van der Waals surface area (Å²) in [6.07, 6.45) is 1.65. The molecule has 9 heteroatoms. The third-order valence-corrected chi connectivity index (χ3v) is 6.12. The standard InChI is InChI=1S/C29H28N6O3/c1-18-8-9-20(15-23(18)38-22-10-11-31-27-26(22)37-13-12-32-27)28(36)33-25-16-24(29(2,3)4)34-35(25)21-7-5-6-19(14-21)17-30/h5-11,14-16H,12-13H2,1-4H3,(H,31,32)(H,33,36). The summed E-state index contributed by atoms with van der Waals surface area (Å²) in [5.74, 6) is 2.41. The zero-order valence-electron chi connectivity index (χ0n) is 21.7. The van der Waals surface area contributed by atoms with E-state index in [1.807, 2.05) is 25.1 Å². The van der Waals surface area contributed by atoms with Gasteiger partial charge in [0.1, 0.15) is 18.2 Å². The van der Waals surface area contributed by atoms with Crippen LogP contribution in [0.5, 0.6) is 17.2 Å². The highest BCUT2D eigenvalue weighted by atomic mass is 16.5. The highest BCUT2D eigenvalue weighted by molar-refractivity contribution is 6.04. The minimum absolute atomic E-state index is 0.247. The number of aromatic nitrogens is 3. The lowest BCUT2D eigenvalue weighted by Gasteiger charge is -2.21. The number of nitrogens with zero attached hydrogens (tertiary/aromatic N) is 4. The van der Waals surface area contributed by atoms with Crippen LogP contribution in [-0.4, -0.2) is 33.8 Å². The van der Waals surface area contributed by atoms with E-state index in [4.69, 9.17) is 14.6 Å². The molecule has 5 rings (SSSR count). The summed E-state index contributed by atoms with van der Waals surface area (Å²) in [6, 6.07) is 18.1. The van der Waals surface area contributed by atoms with Gasteiger partial charge in [-0.3, -0.25) is 4.79 Å². The first-order valence-electron chi connectivity index (χ1n) is 12.3. The van der Waals surface area contributed by atoms with Crippen molar-refractivity contribution < 1.29 is 14.3 Å². The summed E-state index contributed by atoms with van der Waals surface area (Å²) < 4.78 is 13.6. The molecule has 2 aromatic carbocycles. The second-order valence-corrected chi connectivity index (χ2v) is 10.0. The van der Waals surface area contributed by atoms with Gasteiger partial charge in [0.15, 0.2) is 11.6 Å². The quantitative estimate of drug-likeness (QED) is 0.361. The Morgan fingerprint density at radius 1 is 1.16 bits per heavy atom. The van der Waals surface area contributed by atoms with Gasteiger partial charge in [0.25, 0.3) is 5.91 Å². The van der Waals surface area contributed by atoms with Crippen molar-refractivity contribution in [2.24, 2.45) is 0 Å². The van der Waals surface area contributed by atoms with Crippen molar-refractivity contribution in [1.82, 2.24) is 14.8 Å². The number of nitrogens with one attached hydrogen (secondary N) is 2. The number of rotatable bonds is 5. The van der Waals surface area contributed by atoms with Crippen LogP contribution in [0, 0.1) is 18.3 Å². The van der Waals surface area contributed by atoms with Crippen molar-refractivity contribution in [1.29, 1.82) is 5.26 Å². The van der Waals surface area contributed by atoms with Gasteiger partial charge < -0.3 is 20.1 Å². The van der Waals surface area contributed by atoms with E-state index in [0.29, 0.717) is 58.9 Å². The topological polar surface area (TPSA) is 114 Å². The van der Waals surface area contributed by atoms with Crippen molar-refractivity contribution >= 4 is 17.5 Å². The predicted octanol–water partition coefficient (Wildman–Crippen LogP) is 5.59. The van der Waals surface area contributed by atoms with Crippen molar-refractivity contribution in [2.45, 2.75) is 33.1 Å². The minimum Gasteiger partial charge on any atom is -0.485 e. The number of carbonyl (C=O) groups excluding carboxylic acids is 1. The van der Waals surface area contributed by atoms with Crippen LogP contribution >= 0.6 is 0 Å². The maximum absolute atomic E-state index is 13.4. The number of benzene rings is 2. The molecule has 1 aliphatic heterocycles. The van der Waals surface area contributed by atoms with Gasteiger partial charge in [-0.1, -0.05) is 32.9 Å². The van der Waals surface area contributed by atoms with E-state index in [1.54, 1.807) is 47.3 Å². The van der Waals surface area contributed by atoms with Crippen LogP contribution < -0.4 is 20.1 Å². The van der Waals surface area contributed by atoms with Gasteiger partial charge in [-0.25, -0.2) is 9.67 Å². The molecule has 192 valence electrons. The van der Waals surface area contributed by atoms with Crippen LogP contribution in [0.15, 0.2) is 60.8 Å². The molecule has 0 saturated heterocycles. The van der Waals surface area contributed by atoms with Gasteiger partial charge in [0.2, 0.25) is 5.75 Å². The summed E-state index contributed by atoms with van der Waals surface area (Å²) in [5, 5.41) is 20.3. The molecule has 2 N–H and O–H groups in total. The number of ether oxygens (including phenoxy) is 2. The van der Waals surface area contributed by atoms with Gasteiger partial charge in [-0.2, -0.15) is 10.4 Å². The summed E-state index contributed by atoms with van der Waals surface area (Å²) in [6.45, 7) is 9.26. The highest BCUT2D eigenvalue weighted by Crippen LogP contribution is 2.39. The Labute approximate surface area is 221 Å². The number of carbonyl (C=O) groups is 1. The molecular weight excluding hydrogens is 480 g/mol. The maximum Gasteiger partial charge on any atom is 0.256 e. The lowest BCUT2D eigenvalue weighted by molar-refractivity contribution is 0.102. The van der Waals surface area contributed by atoms with Crippen LogP contribution in [0.2, 0.25) is 0 Å². The summed E-state index contributed by atoms with van der Waals surface area (Å²) >= 11 is 0. The van der Waals surface area contributed by atoms with Crippen LogP contribution in [0.3, 0.4) is 0 Å². The Kier molecular flexibility index (Phi) is 6.47. The molecule has 0 saturated carbocycles. The first-order valence-corrected chi connectivity index (χ1v) is 12.3. The molecule has 4 aromatic rings. The Morgan fingerprint density at radius 3 is 2.79 bits per heavy atom. The Balaban J connectivity index is 1.46. The molecule has 3 heterocycles. The number of amides is 1. The summed E-state index contributed by atoms with van der Waals surface area (Å²) in [5.41, 5.74) is 3.03. The number of fused-ring (bicyclic) bond motifs is 1. The number of nitriles is 1. The van der Waals surface area contributed by atoms with Gasteiger partial charge in [0.05, 0.1) is 29.6 Å². The van der Waals surface area contributed by atoms with Crippen LogP contribution in [0.4, 0.5) is 11.6 Å². The Bertz CT molecular complexity index is 1560. The van der Waals surface area contributed by atoms with Gasteiger partial charge >= 0.3 is 0 Å². The molecule has 1 aliphatic rings. The second-order valence-electron chi connectivity index (χ2n) is 10.0. The third kappa shape index (κ3) is 5.02. The molecule has 0 spiro atoms. The van der Waals surface area contributed by atoms with Gasteiger partial charge in [0, 0.05) is 29.3 Å². The third-order valence-electron chi connectivity index (χ3n) is 6.12. The molecule has 38 heavy (non-hydrogen) atoms. The normalized spacial score (nSPS) is 12.5. The molecule has 0 radical (unpaired) electrons. The fourth-order valence-electron chi connectivity index (χ4n) is 4.00. The summed E-state index contributed by atoms with van der Waals surface area (Å²) in [4.78, 5) is 17.7. The fraction of sp³-hybridized carbons (Fsp3) is 0.241. The lowest BCUT2D eigenvalue weighted by Crippen LogP contribution is -2.19. The van der Waals surface area contributed by atoms with Crippen LogP contribution in [0.1, 0.15) is 48.0 Å². The number of aryl methyl sites for hydroxylation is 1. The zero-order chi connectivity index (χ0) is 26.9. The predicted molar refractivity (Wildman–Crippen MR) is 144 cm³/mol. The van der Waals surface area contributed by atoms with Crippen molar-refractivity contribution in [3.8, 4) is 29.0 Å². The molecule has 1 amide bonds. The van der Waals surface area contributed by atoms with Crippen LogP contribution in [0.25, 0.3) is 5.69 Å². The van der Waals surface area contributed by atoms with Crippen LogP contribution in [-0.2, 0) is 5.41 Å². The average Bonchev–Trinajstić information content (AvgIpc) is 3.34. The number of hydrogen-bond acceptors (Lipinski definition) is 7. The lowest BCUT2D eigenvalue weighted by atomic mass is 9.92. The number of hydrogen-bond donors (Lipinski definition) is 2. The SMILES string of the molecule is Cc1ccc(C(=O)Nc2cc(C(C)(C)C)nn2-c2cccc(C#N)c2)cc1Oc1ccnc2c1OCCN2. The molecule has 0 atom stereocenters. The van der Waals surface area contributed by atoms with E-state index in [9.17, 15) is 10.1 Å². The fourth-order valence-corrected chi connectivity index (χ4v) is 4.00. The van der Waals surface area contributed by atoms with Gasteiger partial charge in [-0.15, -0.1) is 0 Å². The molecule has 9 nitrogen and oxygen atoms in total. The molecule has 0 bridgehead atoms. The van der Waals surface area contributed by atoms with Crippen molar-refractivity contribution in [3.05, 3.63) is 83.2 Å². The van der Waals surface area contributed by atoms with Crippen molar-refractivity contribution in [2.75, 3.05) is 23.8 Å². The Morgan fingerprint density at radius 2 is 2.00 bits per heavy atom. The van der Waals surface area contributed by atoms with E-state index in [1.165, 1.54) is 0 Å². The van der Waals surface area contributed by atoms with E-state index in [0.717, 1.165) is 11.3 Å². The molecule has 2 aromatic heterocycles. The molecular formula is C29H28N6O3. The Hall–Kier alpha value is -4.84. The first-order chi connectivity index (χ1) is 18.2. The molecule has 0 fully saturated rings. The van der Waals surface area contributed by atoms with E-state index >= 15 is 0 Å². The number of anilines is 2. The first kappa shape index (κ1) is 24.8. The smallest absolute Gasteiger partial charge is 0.256 e. The highest BCUT2D eigenvalue weighted by Gasteiger charge is 2.23. The second kappa shape index (κ2) is 9.90. The average molecular weight is 509 g/mol. The minimum atomic E-state index is -0.317. The number of pyridine rings is 1. The monoisotopic (exact) mass is 508 g/mol. The largest absolute Gasteiger partial charge is 0.485 e. The van der Waals surface area contributed by atoms with Crippen molar-refractivity contribution in [3.63, 3.8) is 0 Å². The molecule has 0 aliphatic carbocycles. The maximum atomic E-state index is 13.4. The van der Waals surface area contributed by atoms with E-state index in [2.05, 4.69) is 42.5 Å². The zero-order valence-corrected chi connectivity index (χ0v) is 21.7. The van der Waals surface area contributed by atoms with E-state index < -0.39 is 0 Å².